The fourth-order valence-electron chi connectivity index (χ4n) is 4.55. The average Bonchev–Trinajstić information content (AvgIpc) is 3.23. The molecule has 4 aromatic rings. The van der Waals surface area contributed by atoms with Gasteiger partial charge in [0.1, 0.15) is 0 Å². The van der Waals surface area contributed by atoms with E-state index in [0.29, 0.717) is 11.5 Å². The second kappa shape index (κ2) is 7.79. The third-order valence-corrected chi connectivity index (χ3v) is 6.23. The summed E-state index contributed by atoms with van der Waals surface area (Å²) in [5.74, 6) is 0.585. The zero-order chi connectivity index (χ0) is 20.5. The number of para-hydroxylation sites is 1. The number of H-pyrrole nitrogens is 1. The molecular weight excluding hydrogens is 370 g/mol. The van der Waals surface area contributed by atoms with Crippen LogP contribution >= 0.6 is 0 Å². The average molecular weight is 396 g/mol. The van der Waals surface area contributed by atoms with Crippen LogP contribution in [-0.4, -0.2) is 33.9 Å². The largest absolute Gasteiger partial charge is 0.361 e. The summed E-state index contributed by atoms with van der Waals surface area (Å²) >= 11 is 0. The first-order valence-electron chi connectivity index (χ1n) is 10.6. The maximum absolute atomic E-state index is 13.2. The Labute approximate surface area is 176 Å². The zero-order valence-electron chi connectivity index (χ0n) is 17.1. The van der Waals surface area contributed by atoms with Crippen molar-refractivity contribution in [2.24, 2.45) is 0 Å². The van der Waals surface area contributed by atoms with Gasteiger partial charge in [0.2, 0.25) is 0 Å². The molecular formula is C26H25N3O. The van der Waals surface area contributed by atoms with Crippen molar-refractivity contribution < 1.29 is 4.79 Å². The molecule has 0 bridgehead atoms. The van der Waals surface area contributed by atoms with Crippen LogP contribution in [-0.2, 0) is 0 Å². The number of piperidine rings is 1. The van der Waals surface area contributed by atoms with Gasteiger partial charge in [-0.15, -0.1) is 0 Å². The van der Waals surface area contributed by atoms with Crippen molar-refractivity contribution in [1.82, 2.24) is 14.9 Å². The summed E-state index contributed by atoms with van der Waals surface area (Å²) in [6, 6.07) is 22.4. The number of carbonyl (C=O) groups is 1. The maximum Gasteiger partial charge on any atom is 0.255 e. The van der Waals surface area contributed by atoms with Crippen LogP contribution in [0.25, 0.3) is 22.2 Å². The zero-order valence-corrected chi connectivity index (χ0v) is 17.1. The molecule has 0 spiro atoms. The van der Waals surface area contributed by atoms with Gasteiger partial charge >= 0.3 is 0 Å². The molecule has 4 nitrogen and oxygen atoms in total. The van der Waals surface area contributed by atoms with Crippen molar-refractivity contribution >= 4 is 16.8 Å². The first-order valence-corrected chi connectivity index (χ1v) is 10.6. The van der Waals surface area contributed by atoms with Gasteiger partial charge in [-0.3, -0.25) is 9.78 Å². The van der Waals surface area contributed by atoms with Crippen LogP contribution in [0.1, 0.15) is 40.4 Å². The molecule has 3 heterocycles. The molecule has 0 unspecified atom stereocenters. The number of fused-ring (bicyclic) bond motifs is 1. The first-order chi connectivity index (χ1) is 14.7. The summed E-state index contributed by atoms with van der Waals surface area (Å²) in [6.07, 6.45) is 4.12. The lowest BCUT2D eigenvalue weighted by Gasteiger charge is -2.32. The fourth-order valence-corrected chi connectivity index (χ4v) is 4.55. The number of likely N-dealkylation sites (tertiary alicyclic amines) is 1. The highest BCUT2D eigenvalue weighted by Gasteiger charge is 2.27. The van der Waals surface area contributed by atoms with Gasteiger partial charge in [0.15, 0.2) is 0 Å². The molecule has 30 heavy (non-hydrogen) atoms. The van der Waals surface area contributed by atoms with Gasteiger partial charge in [0, 0.05) is 35.8 Å². The topological polar surface area (TPSA) is 49.0 Å². The van der Waals surface area contributed by atoms with Crippen molar-refractivity contribution in [3.05, 3.63) is 89.7 Å². The van der Waals surface area contributed by atoms with E-state index in [1.807, 2.05) is 54.3 Å². The van der Waals surface area contributed by atoms with Crippen LogP contribution in [0, 0.1) is 6.92 Å². The number of hydrogen-bond acceptors (Lipinski definition) is 2. The van der Waals surface area contributed by atoms with Crippen LogP contribution < -0.4 is 0 Å². The Kier molecular flexibility index (Phi) is 4.83. The highest BCUT2D eigenvalue weighted by atomic mass is 16.2. The molecule has 150 valence electrons. The Morgan fingerprint density at radius 1 is 0.967 bits per heavy atom. The van der Waals surface area contributed by atoms with Crippen molar-refractivity contribution in [1.29, 1.82) is 0 Å². The molecule has 0 atom stereocenters. The fraction of sp³-hybridized carbons (Fsp3) is 0.231. The molecule has 1 N–H and O–H groups in total. The van der Waals surface area contributed by atoms with E-state index in [-0.39, 0.29) is 5.91 Å². The van der Waals surface area contributed by atoms with Crippen LogP contribution in [0.15, 0.2) is 72.9 Å². The van der Waals surface area contributed by atoms with Gasteiger partial charge in [-0.1, -0.05) is 48.5 Å². The normalized spacial score (nSPS) is 14.9. The number of benzene rings is 2. The van der Waals surface area contributed by atoms with Gasteiger partial charge < -0.3 is 9.88 Å². The van der Waals surface area contributed by atoms with Crippen molar-refractivity contribution in [3.63, 3.8) is 0 Å². The molecule has 1 aliphatic heterocycles. The van der Waals surface area contributed by atoms with E-state index in [1.165, 1.54) is 16.5 Å². The maximum atomic E-state index is 13.2. The SMILES string of the molecule is Cc1nc(-c2ccccc2)ccc1C(=O)N1CCC(c2c[nH]c3ccccc23)CC1. The molecule has 1 fully saturated rings. The number of nitrogens with one attached hydrogen (secondary N) is 1. The Morgan fingerprint density at radius 2 is 1.70 bits per heavy atom. The number of pyridine rings is 1. The van der Waals surface area contributed by atoms with E-state index in [0.717, 1.165) is 42.9 Å². The minimum absolute atomic E-state index is 0.0944. The predicted molar refractivity (Wildman–Crippen MR) is 121 cm³/mol. The first kappa shape index (κ1) is 18.6. The van der Waals surface area contributed by atoms with Crippen molar-refractivity contribution in [2.45, 2.75) is 25.7 Å². The van der Waals surface area contributed by atoms with E-state index in [9.17, 15) is 4.79 Å². The third-order valence-electron chi connectivity index (χ3n) is 6.23. The van der Waals surface area contributed by atoms with Crippen LogP contribution in [0.4, 0.5) is 0 Å². The molecule has 5 rings (SSSR count). The van der Waals surface area contributed by atoms with Gasteiger partial charge in [-0.2, -0.15) is 0 Å². The van der Waals surface area contributed by atoms with E-state index in [4.69, 9.17) is 4.98 Å². The molecule has 0 radical (unpaired) electrons. The number of hydrogen-bond donors (Lipinski definition) is 1. The Hall–Kier alpha value is -3.40. The standard InChI is InChI=1S/C26H25N3O/c1-18-21(11-12-24(28-18)20-7-3-2-4-8-20)26(30)29-15-13-19(14-16-29)23-17-27-25-10-6-5-9-22(23)25/h2-12,17,19,27H,13-16H2,1H3. The summed E-state index contributed by atoms with van der Waals surface area (Å²) in [7, 11) is 0. The Bertz CT molecular complexity index is 1190. The quantitative estimate of drug-likeness (QED) is 0.494. The summed E-state index contributed by atoms with van der Waals surface area (Å²) in [6.45, 7) is 3.49. The summed E-state index contributed by atoms with van der Waals surface area (Å²) in [4.78, 5) is 23.2. The lowest BCUT2D eigenvalue weighted by atomic mass is 9.89. The van der Waals surface area contributed by atoms with E-state index in [1.54, 1.807) is 0 Å². The van der Waals surface area contributed by atoms with Crippen LogP contribution in [0.5, 0.6) is 0 Å². The number of amides is 1. The highest BCUT2D eigenvalue weighted by molar-refractivity contribution is 5.95. The lowest BCUT2D eigenvalue weighted by molar-refractivity contribution is 0.0712. The molecule has 1 aliphatic rings. The van der Waals surface area contributed by atoms with Crippen molar-refractivity contribution in [3.8, 4) is 11.3 Å². The van der Waals surface area contributed by atoms with Crippen LogP contribution in [0.3, 0.4) is 0 Å². The van der Waals surface area contributed by atoms with E-state index in [2.05, 4.69) is 35.4 Å². The van der Waals surface area contributed by atoms with Crippen LogP contribution in [0.2, 0.25) is 0 Å². The van der Waals surface area contributed by atoms with Gasteiger partial charge in [0.05, 0.1) is 17.0 Å². The van der Waals surface area contributed by atoms with Gasteiger partial charge in [0.25, 0.3) is 5.91 Å². The Balaban J connectivity index is 1.30. The molecule has 1 amide bonds. The summed E-state index contributed by atoms with van der Waals surface area (Å²) < 4.78 is 0. The monoisotopic (exact) mass is 395 g/mol. The molecule has 0 saturated carbocycles. The number of aromatic amines is 1. The summed E-state index contributed by atoms with van der Waals surface area (Å²) in [5.41, 5.74) is 6.04. The molecule has 2 aromatic heterocycles. The predicted octanol–water partition coefficient (Wildman–Crippen LogP) is 5.56. The number of nitrogens with zero attached hydrogens (tertiary/aromatic N) is 2. The Morgan fingerprint density at radius 3 is 2.47 bits per heavy atom. The molecule has 2 aromatic carbocycles. The molecule has 4 heteroatoms. The number of aryl methyl sites for hydroxylation is 1. The lowest BCUT2D eigenvalue weighted by Crippen LogP contribution is -2.38. The number of carbonyl (C=O) groups excluding carboxylic acids is 1. The number of aromatic nitrogens is 2. The second-order valence-corrected chi connectivity index (χ2v) is 8.05. The van der Waals surface area contributed by atoms with Crippen molar-refractivity contribution in [2.75, 3.05) is 13.1 Å². The molecule has 0 aliphatic carbocycles. The minimum atomic E-state index is 0.0944. The van der Waals surface area contributed by atoms with E-state index >= 15 is 0 Å². The van der Waals surface area contributed by atoms with Gasteiger partial charge in [-0.05, 0) is 49.4 Å². The van der Waals surface area contributed by atoms with Gasteiger partial charge in [-0.25, -0.2) is 0 Å². The second-order valence-electron chi connectivity index (χ2n) is 8.05. The smallest absolute Gasteiger partial charge is 0.255 e. The minimum Gasteiger partial charge on any atom is -0.361 e. The molecule has 1 saturated heterocycles. The summed E-state index contributed by atoms with van der Waals surface area (Å²) in [5, 5.41) is 1.30. The third kappa shape index (κ3) is 3.39. The van der Waals surface area contributed by atoms with E-state index < -0.39 is 0 Å². The highest BCUT2D eigenvalue weighted by Crippen LogP contribution is 2.33. The number of rotatable bonds is 3.